The summed E-state index contributed by atoms with van der Waals surface area (Å²) >= 11 is 0. The molecule has 0 aromatic carbocycles. The van der Waals surface area contributed by atoms with E-state index in [1.807, 2.05) is 10.9 Å². The number of hydrogen-bond donors (Lipinski definition) is 4. The molecular weight excluding hydrogens is 268 g/mol. The van der Waals surface area contributed by atoms with Crippen molar-refractivity contribution < 1.29 is 9.59 Å². The molecule has 0 unspecified atom stereocenters. The summed E-state index contributed by atoms with van der Waals surface area (Å²) in [6.07, 6.45) is 1.19. The van der Waals surface area contributed by atoms with Crippen LogP contribution in [0.25, 0.3) is 0 Å². The maximum Gasteiger partial charge on any atom is 0.330 e. The molecule has 0 atom stereocenters. The van der Waals surface area contributed by atoms with Crippen LogP contribution in [0.15, 0.2) is 21.9 Å². The topological polar surface area (TPSA) is 154 Å². The molecule has 0 saturated heterocycles. The quantitative estimate of drug-likeness (QED) is 0.244. The summed E-state index contributed by atoms with van der Waals surface area (Å²) in [5.74, 6) is 8.91. The average molecular weight is 284 g/mol. The van der Waals surface area contributed by atoms with Gasteiger partial charge in [0.05, 0.1) is 0 Å². The van der Waals surface area contributed by atoms with Crippen LogP contribution in [0.2, 0.25) is 0 Å². The molecule has 10 nitrogen and oxygen atoms in total. The molecular formula is C10H16N6O4. The smallest absolute Gasteiger partial charge is 0.300 e. The predicted molar refractivity (Wildman–Crippen MR) is 68.9 cm³/mol. The van der Waals surface area contributed by atoms with Crippen LogP contribution in [0.3, 0.4) is 0 Å². The minimum absolute atomic E-state index is 0.00209. The fourth-order valence-electron chi connectivity index (χ4n) is 1.51. The Hall–Kier alpha value is -2.46. The van der Waals surface area contributed by atoms with E-state index >= 15 is 0 Å². The lowest BCUT2D eigenvalue weighted by Crippen LogP contribution is -2.41. The first-order chi connectivity index (χ1) is 9.49. The molecule has 1 aromatic heterocycles. The van der Waals surface area contributed by atoms with Crippen LogP contribution in [-0.4, -0.2) is 20.9 Å². The Kier molecular flexibility index (Phi) is 5.62. The van der Waals surface area contributed by atoms with E-state index in [4.69, 9.17) is 11.7 Å². The zero-order valence-electron chi connectivity index (χ0n) is 10.7. The average Bonchev–Trinajstić information content (AvgIpc) is 2.45. The number of rotatable bonds is 6. The second-order valence-corrected chi connectivity index (χ2v) is 3.92. The third-order valence-electron chi connectivity index (χ3n) is 2.60. The Balaban J connectivity index is 2.90. The number of nitrogens with zero attached hydrogens (tertiary/aromatic N) is 2. The Morgan fingerprint density at radius 3 is 2.15 bits per heavy atom. The number of amides is 2. The molecule has 10 heteroatoms. The highest BCUT2D eigenvalue weighted by Crippen LogP contribution is 1.87. The van der Waals surface area contributed by atoms with Gasteiger partial charge < -0.3 is 0 Å². The summed E-state index contributed by atoms with van der Waals surface area (Å²) in [4.78, 5) is 45.6. The number of carbonyl (C=O) groups is 2. The van der Waals surface area contributed by atoms with Gasteiger partial charge in [-0.1, -0.05) is 0 Å². The molecule has 0 saturated carbocycles. The Labute approximate surface area is 113 Å². The minimum atomic E-state index is -0.604. The normalized spacial score (nSPS) is 10.1. The van der Waals surface area contributed by atoms with Crippen molar-refractivity contribution in [3.05, 3.63) is 33.1 Å². The Morgan fingerprint density at radius 1 is 1.05 bits per heavy atom. The molecule has 0 aliphatic carbocycles. The predicted octanol–water partition coefficient (Wildman–Crippen LogP) is -3.23. The summed E-state index contributed by atoms with van der Waals surface area (Å²) in [7, 11) is 0. The molecule has 20 heavy (non-hydrogen) atoms. The zero-order valence-corrected chi connectivity index (χ0v) is 10.7. The molecule has 0 fully saturated rings. The van der Waals surface area contributed by atoms with Crippen molar-refractivity contribution in [3.63, 3.8) is 0 Å². The molecule has 2 amide bonds. The summed E-state index contributed by atoms with van der Waals surface area (Å²) in [5.41, 5.74) is 2.71. The fraction of sp³-hybridized carbons (Fsp3) is 0.400. The third-order valence-corrected chi connectivity index (χ3v) is 2.60. The minimum Gasteiger partial charge on any atom is -0.300 e. The maximum absolute atomic E-state index is 12.0. The van der Waals surface area contributed by atoms with Gasteiger partial charge >= 0.3 is 5.69 Å². The van der Waals surface area contributed by atoms with E-state index < -0.39 is 23.1 Å². The third kappa shape index (κ3) is 4.03. The Morgan fingerprint density at radius 2 is 1.60 bits per heavy atom. The van der Waals surface area contributed by atoms with Gasteiger partial charge in [0.2, 0.25) is 11.8 Å². The maximum atomic E-state index is 12.0. The van der Waals surface area contributed by atoms with E-state index in [0.717, 1.165) is 4.57 Å². The number of hydrogen-bond acceptors (Lipinski definition) is 6. The first-order valence-corrected chi connectivity index (χ1v) is 5.78. The van der Waals surface area contributed by atoms with Crippen molar-refractivity contribution in [2.75, 3.05) is 0 Å². The van der Waals surface area contributed by atoms with Crippen LogP contribution in [0.5, 0.6) is 0 Å². The van der Waals surface area contributed by atoms with Gasteiger partial charge in [-0.15, -0.1) is 0 Å². The molecule has 0 aliphatic rings. The lowest BCUT2D eigenvalue weighted by molar-refractivity contribution is -0.122. The largest absolute Gasteiger partial charge is 0.330 e. The van der Waals surface area contributed by atoms with Crippen molar-refractivity contribution in [2.45, 2.75) is 25.9 Å². The van der Waals surface area contributed by atoms with E-state index in [-0.39, 0.29) is 25.9 Å². The molecule has 0 spiro atoms. The SMILES string of the molecule is NNC(=O)CCn1ccc(=O)n(CCC(=O)NN)c1=O. The van der Waals surface area contributed by atoms with Gasteiger partial charge in [-0.2, -0.15) is 0 Å². The molecule has 1 aromatic rings. The van der Waals surface area contributed by atoms with Gasteiger partial charge in [0.25, 0.3) is 5.56 Å². The van der Waals surface area contributed by atoms with E-state index in [2.05, 4.69) is 0 Å². The highest BCUT2D eigenvalue weighted by molar-refractivity contribution is 5.75. The highest BCUT2D eigenvalue weighted by Gasteiger charge is 2.08. The van der Waals surface area contributed by atoms with Crippen LogP contribution in [0, 0.1) is 0 Å². The van der Waals surface area contributed by atoms with E-state index in [0.29, 0.717) is 0 Å². The Bertz CT molecular complexity index is 605. The van der Waals surface area contributed by atoms with Crippen LogP contribution >= 0.6 is 0 Å². The number of carbonyl (C=O) groups excluding carboxylic acids is 2. The zero-order chi connectivity index (χ0) is 15.1. The van der Waals surface area contributed by atoms with Crippen LogP contribution in [0.1, 0.15) is 12.8 Å². The summed E-state index contributed by atoms with van der Waals surface area (Å²) < 4.78 is 2.09. The van der Waals surface area contributed by atoms with Gasteiger partial charge in [-0.25, -0.2) is 16.5 Å². The second kappa shape index (κ2) is 7.21. The highest BCUT2D eigenvalue weighted by atomic mass is 16.2. The molecule has 1 rings (SSSR count). The first-order valence-electron chi connectivity index (χ1n) is 5.78. The molecule has 6 N–H and O–H groups in total. The second-order valence-electron chi connectivity index (χ2n) is 3.92. The van der Waals surface area contributed by atoms with Gasteiger partial charge in [0.15, 0.2) is 0 Å². The number of nitrogens with two attached hydrogens (primary N) is 2. The van der Waals surface area contributed by atoms with Gasteiger partial charge in [-0.05, 0) is 0 Å². The summed E-state index contributed by atoms with van der Waals surface area (Å²) in [5, 5.41) is 0. The van der Waals surface area contributed by atoms with Crippen LogP contribution in [0.4, 0.5) is 0 Å². The van der Waals surface area contributed by atoms with Crippen LogP contribution < -0.4 is 33.8 Å². The van der Waals surface area contributed by atoms with E-state index in [1.165, 1.54) is 16.8 Å². The summed E-state index contributed by atoms with van der Waals surface area (Å²) in [6.45, 7) is -0.0180. The lowest BCUT2D eigenvalue weighted by Gasteiger charge is -2.09. The number of aromatic nitrogens is 2. The fourth-order valence-corrected chi connectivity index (χ4v) is 1.51. The lowest BCUT2D eigenvalue weighted by atomic mass is 10.4. The van der Waals surface area contributed by atoms with Crippen molar-refractivity contribution in [2.24, 2.45) is 11.7 Å². The molecule has 0 aliphatic heterocycles. The van der Waals surface area contributed by atoms with Gasteiger partial charge in [0, 0.05) is 38.2 Å². The molecule has 1 heterocycles. The van der Waals surface area contributed by atoms with Crippen molar-refractivity contribution in [1.82, 2.24) is 20.0 Å². The number of nitrogens with one attached hydrogen (secondary N) is 2. The van der Waals surface area contributed by atoms with Gasteiger partial charge in [-0.3, -0.25) is 34.4 Å². The van der Waals surface area contributed by atoms with Crippen molar-refractivity contribution >= 4 is 11.8 Å². The van der Waals surface area contributed by atoms with Crippen molar-refractivity contribution in [3.8, 4) is 0 Å². The van der Waals surface area contributed by atoms with E-state index in [9.17, 15) is 19.2 Å². The monoisotopic (exact) mass is 284 g/mol. The van der Waals surface area contributed by atoms with Gasteiger partial charge in [0.1, 0.15) is 0 Å². The summed E-state index contributed by atoms with van der Waals surface area (Å²) in [6, 6.07) is 1.18. The number of aryl methyl sites for hydroxylation is 1. The van der Waals surface area contributed by atoms with Crippen molar-refractivity contribution in [1.29, 1.82) is 0 Å². The first kappa shape index (κ1) is 15.6. The molecule has 0 radical (unpaired) electrons. The standard InChI is InChI=1S/C10H16N6O4/c11-13-7(17)1-4-15-5-3-9(19)16(10(15)20)6-2-8(18)14-12/h3,5H,1-2,4,6,11-12H2,(H,13,17)(H,14,18). The van der Waals surface area contributed by atoms with Crippen LogP contribution in [-0.2, 0) is 22.7 Å². The molecule has 0 bridgehead atoms. The van der Waals surface area contributed by atoms with E-state index in [1.54, 1.807) is 0 Å². The number of hydrazine groups is 2. The molecule has 110 valence electrons.